The number of methoxy groups -OCH3 is 1. The van der Waals surface area contributed by atoms with E-state index in [0.717, 1.165) is 35.3 Å². The number of benzene rings is 1. The van der Waals surface area contributed by atoms with Crippen LogP contribution in [0.4, 0.5) is 0 Å². The number of rotatable bonds is 2. The molecule has 0 spiro atoms. The van der Waals surface area contributed by atoms with E-state index in [0.29, 0.717) is 11.8 Å². The Morgan fingerprint density at radius 1 is 1.37 bits per heavy atom. The number of amides is 1. The number of hydrogen-bond donors (Lipinski definition) is 0. The van der Waals surface area contributed by atoms with E-state index in [2.05, 4.69) is 29.8 Å². The molecule has 19 heavy (non-hydrogen) atoms. The molecule has 2 atom stereocenters. The summed E-state index contributed by atoms with van der Waals surface area (Å²) in [5.41, 5.74) is 0.717. The Hall–Kier alpha value is -1.03. The van der Waals surface area contributed by atoms with Crippen molar-refractivity contribution in [3.63, 3.8) is 0 Å². The van der Waals surface area contributed by atoms with Crippen LogP contribution in [0.15, 0.2) is 22.7 Å². The smallest absolute Gasteiger partial charge is 0.253 e. The second kappa shape index (κ2) is 5.95. The lowest BCUT2D eigenvalue weighted by molar-refractivity contribution is 0.0627. The topological polar surface area (TPSA) is 29.5 Å². The van der Waals surface area contributed by atoms with Crippen LogP contribution < -0.4 is 4.74 Å². The molecule has 0 saturated carbocycles. The second-order valence-corrected chi connectivity index (χ2v) is 6.20. The molecule has 1 aromatic rings. The van der Waals surface area contributed by atoms with E-state index in [1.54, 1.807) is 7.11 Å². The standard InChI is InChI=1S/C15H20BrNO2/c1-10-6-7-17(9-11(10)2)15(18)12-4-5-14(19-3)13(16)8-12/h4-5,8,10-11H,6-7,9H2,1-3H3. The van der Waals surface area contributed by atoms with E-state index >= 15 is 0 Å². The van der Waals surface area contributed by atoms with Gasteiger partial charge in [-0.2, -0.15) is 0 Å². The van der Waals surface area contributed by atoms with Crippen LogP contribution >= 0.6 is 15.9 Å². The van der Waals surface area contributed by atoms with Gasteiger partial charge in [-0.05, 0) is 52.4 Å². The number of halogens is 1. The molecule has 1 saturated heterocycles. The first-order chi connectivity index (χ1) is 9.02. The summed E-state index contributed by atoms with van der Waals surface area (Å²) in [7, 11) is 1.62. The Bertz CT molecular complexity index is 475. The zero-order chi connectivity index (χ0) is 14.0. The fourth-order valence-corrected chi connectivity index (χ4v) is 2.97. The van der Waals surface area contributed by atoms with Gasteiger partial charge in [0.2, 0.25) is 0 Å². The average Bonchev–Trinajstić information content (AvgIpc) is 2.41. The summed E-state index contributed by atoms with van der Waals surface area (Å²) in [6.45, 7) is 6.18. The van der Waals surface area contributed by atoms with Gasteiger partial charge >= 0.3 is 0 Å². The monoisotopic (exact) mass is 325 g/mol. The normalized spacial score (nSPS) is 23.3. The molecular formula is C15H20BrNO2. The lowest BCUT2D eigenvalue weighted by atomic mass is 9.88. The molecule has 104 valence electrons. The molecule has 2 rings (SSSR count). The minimum Gasteiger partial charge on any atom is -0.496 e. The maximum Gasteiger partial charge on any atom is 0.253 e. The quantitative estimate of drug-likeness (QED) is 0.831. The van der Waals surface area contributed by atoms with Crippen LogP contribution in [0.2, 0.25) is 0 Å². The maximum absolute atomic E-state index is 12.5. The summed E-state index contributed by atoms with van der Waals surface area (Å²) in [4.78, 5) is 14.4. The maximum atomic E-state index is 12.5. The first-order valence-electron chi connectivity index (χ1n) is 6.65. The molecule has 2 unspecified atom stereocenters. The first kappa shape index (κ1) is 14.4. The molecular weight excluding hydrogens is 306 g/mol. The Labute approximate surface area is 123 Å². The molecule has 0 aromatic heterocycles. The van der Waals surface area contributed by atoms with Gasteiger partial charge in [0.15, 0.2) is 0 Å². The van der Waals surface area contributed by atoms with Crippen molar-refractivity contribution in [3.05, 3.63) is 28.2 Å². The number of piperidine rings is 1. The third-order valence-corrected chi connectivity index (χ3v) is 4.64. The number of carbonyl (C=O) groups is 1. The van der Waals surface area contributed by atoms with Crippen LogP contribution in [0, 0.1) is 11.8 Å². The SMILES string of the molecule is COc1ccc(C(=O)N2CCC(C)C(C)C2)cc1Br. The molecule has 1 amide bonds. The van der Waals surface area contributed by atoms with Gasteiger partial charge < -0.3 is 9.64 Å². The lowest BCUT2D eigenvalue weighted by Crippen LogP contribution is -2.42. The zero-order valence-corrected chi connectivity index (χ0v) is 13.2. The van der Waals surface area contributed by atoms with Crippen LogP contribution in [-0.2, 0) is 0 Å². The third kappa shape index (κ3) is 3.11. The van der Waals surface area contributed by atoms with Gasteiger partial charge in [0.05, 0.1) is 11.6 Å². The summed E-state index contributed by atoms with van der Waals surface area (Å²) >= 11 is 3.43. The van der Waals surface area contributed by atoms with Crippen molar-refractivity contribution in [2.75, 3.05) is 20.2 Å². The predicted molar refractivity (Wildman–Crippen MR) is 79.5 cm³/mol. The largest absolute Gasteiger partial charge is 0.496 e. The number of ether oxygens (including phenoxy) is 1. The van der Waals surface area contributed by atoms with Crippen molar-refractivity contribution < 1.29 is 9.53 Å². The Morgan fingerprint density at radius 2 is 2.11 bits per heavy atom. The van der Waals surface area contributed by atoms with Crippen molar-refractivity contribution in [1.82, 2.24) is 4.90 Å². The van der Waals surface area contributed by atoms with Crippen molar-refractivity contribution >= 4 is 21.8 Å². The fourth-order valence-electron chi connectivity index (χ4n) is 2.43. The van der Waals surface area contributed by atoms with Crippen molar-refractivity contribution in [1.29, 1.82) is 0 Å². The van der Waals surface area contributed by atoms with Gasteiger partial charge in [0.1, 0.15) is 5.75 Å². The lowest BCUT2D eigenvalue weighted by Gasteiger charge is -2.35. The molecule has 0 radical (unpaired) electrons. The van der Waals surface area contributed by atoms with E-state index in [1.165, 1.54) is 0 Å². The summed E-state index contributed by atoms with van der Waals surface area (Å²) in [6, 6.07) is 5.49. The van der Waals surface area contributed by atoms with Crippen LogP contribution in [0.5, 0.6) is 5.75 Å². The fraction of sp³-hybridized carbons (Fsp3) is 0.533. The van der Waals surface area contributed by atoms with E-state index in [-0.39, 0.29) is 5.91 Å². The van der Waals surface area contributed by atoms with Crippen LogP contribution in [0.3, 0.4) is 0 Å². The van der Waals surface area contributed by atoms with Gasteiger partial charge in [-0.15, -0.1) is 0 Å². The summed E-state index contributed by atoms with van der Waals surface area (Å²) in [6.07, 6.45) is 1.09. The van der Waals surface area contributed by atoms with Crippen molar-refractivity contribution in [2.24, 2.45) is 11.8 Å². The summed E-state index contributed by atoms with van der Waals surface area (Å²) in [5.74, 6) is 2.13. The van der Waals surface area contributed by atoms with Crippen LogP contribution in [-0.4, -0.2) is 31.0 Å². The van der Waals surface area contributed by atoms with E-state index in [9.17, 15) is 4.79 Å². The summed E-state index contributed by atoms with van der Waals surface area (Å²) < 4.78 is 6.00. The van der Waals surface area contributed by atoms with E-state index in [1.807, 2.05) is 23.1 Å². The van der Waals surface area contributed by atoms with Gasteiger partial charge in [0.25, 0.3) is 5.91 Å². The minimum absolute atomic E-state index is 0.113. The molecule has 1 aromatic carbocycles. The van der Waals surface area contributed by atoms with Gasteiger partial charge in [0, 0.05) is 18.7 Å². The number of likely N-dealkylation sites (tertiary alicyclic amines) is 1. The highest BCUT2D eigenvalue weighted by atomic mass is 79.9. The molecule has 0 N–H and O–H groups in total. The highest BCUT2D eigenvalue weighted by molar-refractivity contribution is 9.10. The summed E-state index contributed by atoms with van der Waals surface area (Å²) in [5, 5.41) is 0. The van der Waals surface area contributed by atoms with Crippen molar-refractivity contribution in [3.8, 4) is 5.75 Å². The minimum atomic E-state index is 0.113. The van der Waals surface area contributed by atoms with Crippen LogP contribution in [0.1, 0.15) is 30.6 Å². The van der Waals surface area contributed by atoms with E-state index < -0.39 is 0 Å². The van der Waals surface area contributed by atoms with Crippen molar-refractivity contribution in [2.45, 2.75) is 20.3 Å². The molecule has 1 heterocycles. The Kier molecular flexibility index (Phi) is 4.50. The van der Waals surface area contributed by atoms with Crippen LogP contribution in [0.25, 0.3) is 0 Å². The molecule has 0 aliphatic carbocycles. The highest BCUT2D eigenvalue weighted by Crippen LogP contribution is 2.28. The van der Waals surface area contributed by atoms with E-state index in [4.69, 9.17) is 4.74 Å². The molecule has 1 fully saturated rings. The molecule has 1 aliphatic rings. The van der Waals surface area contributed by atoms with Gasteiger partial charge in [-0.1, -0.05) is 13.8 Å². The first-order valence-corrected chi connectivity index (χ1v) is 7.45. The molecule has 4 heteroatoms. The number of carbonyl (C=O) groups excluding carboxylic acids is 1. The number of hydrogen-bond acceptors (Lipinski definition) is 2. The van der Waals surface area contributed by atoms with Gasteiger partial charge in [-0.3, -0.25) is 4.79 Å². The third-order valence-electron chi connectivity index (χ3n) is 4.02. The molecule has 1 aliphatic heterocycles. The molecule has 3 nitrogen and oxygen atoms in total. The Morgan fingerprint density at radius 3 is 2.68 bits per heavy atom. The number of nitrogens with zero attached hydrogens (tertiary/aromatic N) is 1. The second-order valence-electron chi connectivity index (χ2n) is 5.34. The predicted octanol–water partition coefficient (Wildman–Crippen LogP) is 3.58. The van der Waals surface area contributed by atoms with Gasteiger partial charge in [-0.25, -0.2) is 0 Å². The average molecular weight is 326 g/mol. The Balaban J connectivity index is 2.13. The molecule has 0 bridgehead atoms. The highest BCUT2D eigenvalue weighted by Gasteiger charge is 2.26. The zero-order valence-electron chi connectivity index (χ0n) is 11.6.